The molecule has 0 spiro atoms. The Morgan fingerprint density at radius 2 is 1.85 bits per heavy atom. The van der Waals surface area contributed by atoms with Gasteiger partial charge in [0.2, 0.25) is 0 Å². The predicted octanol–water partition coefficient (Wildman–Crippen LogP) is 5.46. The van der Waals surface area contributed by atoms with Crippen LogP contribution >= 0.6 is 27.5 Å². The van der Waals surface area contributed by atoms with Gasteiger partial charge in [-0.05, 0) is 54.4 Å². The molecule has 34 heavy (non-hydrogen) atoms. The maximum Gasteiger partial charge on any atom is 0.433 e. The van der Waals surface area contributed by atoms with E-state index in [0.717, 1.165) is 21.9 Å². The Hall–Kier alpha value is -2.92. The average Bonchev–Trinajstić information content (AvgIpc) is 3.32. The molecule has 7 nitrogen and oxygen atoms in total. The molecule has 0 saturated heterocycles. The van der Waals surface area contributed by atoms with Gasteiger partial charge in [-0.2, -0.15) is 23.4 Å². The van der Waals surface area contributed by atoms with Crippen molar-refractivity contribution in [3.05, 3.63) is 68.7 Å². The van der Waals surface area contributed by atoms with E-state index >= 15 is 0 Å². The molecule has 0 atom stereocenters. The summed E-state index contributed by atoms with van der Waals surface area (Å²) >= 11 is 9.34. The van der Waals surface area contributed by atoms with E-state index in [-0.39, 0.29) is 17.0 Å². The number of alkyl halides is 3. The predicted molar refractivity (Wildman–Crippen MR) is 125 cm³/mol. The number of aromatic nitrogens is 5. The molecule has 1 amide bonds. The van der Waals surface area contributed by atoms with Gasteiger partial charge < -0.3 is 5.32 Å². The van der Waals surface area contributed by atoms with Gasteiger partial charge in [0.15, 0.2) is 17.0 Å². The van der Waals surface area contributed by atoms with Gasteiger partial charge in [-0.3, -0.25) is 9.48 Å². The van der Waals surface area contributed by atoms with Crippen LogP contribution in [0.25, 0.3) is 16.9 Å². The van der Waals surface area contributed by atoms with Crippen molar-refractivity contribution in [2.24, 2.45) is 0 Å². The third kappa shape index (κ3) is 4.95. The van der Waals surface area contributed by atoms with E-state index in [4.69, 9.17) is 11.6 Å². The number of carbonyl (C=O) groups is 1. The lowest BCUT2D eigenvalue weighted by atomic mass is 10.1. The van der Waals surface area contributed by atoms with E-state index in [1.165, 1.54) is 6.07 Å². The first kappa shape index (κ1) is 24.2. The van der Waals surface area contributed by atoms with Crippen LogP contribution in [0.2, 0.25) is 5.02 Å². The van der Waals surface area contributed by atoms with Crippen molar-refractivity contribution in [3.63, 3.8) is 0 Å². The number of nitrogens with one attached hydrogen (secondary N) is 1. The van der Waals surface area contributed by atoms with E-state index in [1.807, 2.05) is 18.5 Å². The Morgan fingerprint density at radius 3 is 2.47 bits per heavy atom. The van der Waals surface area contributed by atoms with Crippen LogP contribution in [0.5, 0.6) is 0 Å². The summed E-state index contributed by atoms with van der Waals surface area (Å²) in [6, 6.07) is 8.42. The first-order valence-corrected chi connectivity index (χ1v) is 11.4. The molecule has 3 aromatic heterocycles. The molecule has 0 aliphatic heterocycles. The fourth-order valence-electron chi connectivity index (χ4n) is 3.47. The third-order valence-electron chi connectivity index (χ3n) is 5.22. The Kier molecular flexibility index (Phi) is 6.68. The lowest BCUT2D eigenvalue weighted by molar-refractivity contribution is -0.142. The van der Waals surface area contributed by atoms with Crippen LogP contribution in [0.15, 0.2) is 40.9 Å². The number of rotatable bonds is 6. The third-order valence-corrected chi connectivity index (χ3v) is 6.62. The van der Waals surface area contributed by atoms with Gasteiger partial charge >= 0.3 is 6.18 Å². The van der Waals surface area contributed by atoms with Gasteiger partial charge in [0, 0.05) is 35.4 Å². The van der Waals surface area contributed by atoms with Crippen LogP contribution < -0.4 is 5.32 Å². The van der Waals surface area contributed by atoms with Gasteiger partial charge in [-0.25, -0.2) is 9.50 Å². The highest BCUT2D eigenvalue weighted by molar-refractivity contribution is 9.10. The van der Waals surface area contributed by atoms with E-state index in [9.17, 15) is 18.0 Å². The summed E-state index contributed by atoms with van der Waals surface area (Å²) in [5.41, 5.74) is 1.14. The number of amides is 1. The highest BCUT2D eigenvalue weighted by Crippen LogP contribution is 2.32. The minimum Gasteiger partial charge on any atom is -0.351 e. The lowest BCUT2D eigenvalue weighted by Crippen LogP contribution is -2.26. The molecule has 12 heteroatoms. The van der Waals surface area contributed by atoms with Crippen LogP contribution in [0, 0.1) is 13.8 Å². The SMILES string of the molecule is Cc1nn(CCCNC(=O)c2cc3nc(-c4ccc(Cl)cc4)cc(C(F)(F)F)n3n2)c(C)c1Br. The van der Waals surface area contributed by atoms with Crippen molar-refractivity contribution in [1.29, 1.82) is 0 Å². The monoisotopic (exact) mass is 554 g/mol. The summed E-state index contributed by atoms with van der Waals surface area (Å²) in [6.45, 7) is 4.70. The smallest absolute Gasteiger partial charge is 0.351 e. The average molecular weight is 556 g/mol. The largest absolute Gasteiger partial charge is 0.433 e. The fourth-order valence-corrected chi connectivity index (χ4v) is 3.88. The molecule has 0 fully saturated rings. The number of benzene rings is 1. The maximum absolute atomic E-state index is 13.7. The van der Waals surface area contributed by atoms with Crippen LogP contribution in [0.1, 0.15) is 34.0 Å². The molecule has 4 rings (SSSR count). The Balaban J connectivity index is 1.54. The number of carbonyl (C=O) groups excluding carboxylic acids is 1. The van der Waals surface area contributed by atoms with Gasteiger partial charge in [-0.1, -0.05) is 23.7 Å². The van der Waals surface area contributed by atoms with Gasteiger partial charge in [0.1, 0.15) is 0 Å². The molecule has 0 aliphatic carbocycles. The number of hydrogen-bond acceptors (Lipinski definition) is 4. The topological polar surface area (TPSA) is 77.1 Å². The number of nitrogens with zero attached hydrogens (tertiary/aromatic N) is 5. The van der Waals surface area contributed by atoms with Gasteiger partial charge in [-0.15, -0.1) is 0 Å². The van der Waals surface area contributed by atoms with E-state index in [1.54, 1.807) is 24.3 Å². The quantitative estimate of drug-likeness (QED) is 0.320. The van der Waals surface area contributed by atoms with Crippen molar-refractivity contribution < 1.29 is 18.0 Å². The molecular formula is C22H19BrClF3N6O. The molecule has 4 aromatic rings. The fraction of sp³-hybridized carbons (Fsp3) is 0.273. The molecular weight excluding hydrogens is 537 g/mol. The van der Waals surface area contributed by atoms with Crippen molar-refractivity contribution in [2.45, 2.75) is 33.0 Å². The van der Waals surface area contributed by atoms with Gasteiger partial charge in [0.05, 0.1) is 15.9 Å². The second kappa shape index (κ2) is 9.38. The molecule has 0 radical (unpaired) electrons. The summed E-state index contributed by atoms with van der Waals surface area (Å²) < 4.78 is 44.6. The first-order chi connectivity index (χ1) is 16.0. The molecule has 3 heterocycles. The summed E-state index contributed by atoms with van der Waals surface area (Å²) in [7, 11) is 0. The standard InChI is InChI=1S/C22H19BrClF3N6O/c1-12-20(23)13(2)32(30-12)9-3-8-28-21(34)17-11-19-29-16(14-4-6-15(24)7-5-14)10-18(22(25,26)27)33(19)31-17/h4-7,10-11H,3,8-9H2,1-2H3,(H,28,34). The summed E-state index contributed by atoms with van der Waals surface area (Å²) in [4.78, 5) is 16.8. The molecule has 0 aliphatic rings. The molecule has 178 valence electrons. The minimum absolute atomic E-state index is 0.0857. The van der Waals surface area contributed by atoms with Crippen molar-refractivity contribution in [3.8, 4) is 11.3 Å². The van der Waals surface area contributed by atoms with Crippen molar-refractivity contribution >= 4 is 39.1 Å². The Morgan fingerprint density at radius 1 is 1.15 bits per heavy atom. The molecule has 0 saturated carbocycles. The molecule has 1 N–H and O–H groups in total. The molecule has 0 bridgehead atoms. The highest BCUT2D eigenvalue weighted by atomic mass is 79.9. The summed E-state index contributed by atoms with van der Waals surface area (Å²) in [5, 5.41) is 11.4. The minimum atomic E-state index is -4.70. The van der Waals surface area contributed by atoms with Crippen molar-refractivity contribution in [1.82, 2.24) is 29.7 Å². The number of halogens is 5. The van der Waals surface area contributed by atoms with Crippen LogP contribution in [0.3, 0.4) is 0 Å². The Labute approximate surface area is 206 Å². The van der Waals surface area contributed by atoms with Crippen LogP contribution in [0.4, 0.5) is 13.2 Å². The van der Waals surface area contributed by atoms with E-state index in [2.05, 4.69) is 36.4 Å². The van der Waals surface area contributed by atoms with Crippen LogP contribution in [-0.2, 0) is 12.7 Å². The zero-order chi connectivity index (χ0) is 24.6. The van der Waals surface area contributed by atoms with E-state index in [0.29, 0.717) is 34.6 Å². The first-order valence-electron chi connectivity index (χ1n) is 10.3. The van der Waals surface area contributed by atoms with Gasteiger partial charge in [0.25, 0.3) is 5.91 Å². The highest BCUT2D eigenvalue weighted by Gasteiger charge is 2.35. The molecule has 1 aromatic carbocycles. The molecule has 0 unspecified atom stereocenters. The number of aryl methyl sites for hydroxylation is 2. The Bertz CT molecular complexity index is 1360. The van der Waals surface area contributed by atoms with Crippen LogP contribution in [-0.4, -0.2) is 36.8 Å². The summed E-state index contributed by atoms with van der Waals surface area (Å²) in [6.07, 6.45) is -4.11. The summed E-state index contributed by atoms with van der Waals surface area (Å²) in [5.74, 6) is -0.582. The normalized spacial score (nSPS) is 11.9. The lowest BCUT2D eigenvalue weighted by Gasteiger charge is -2.11. The maximum atomic E-state index is 13.7. The second-order valence-electron chi connectivity index (χ2n) is 7.65. The van der Waals surface area contributed by atoms with Crippen molar-refractivity contribution in [2.75, 3.05) is 6.54 Å². The zero-order valence-electron chi connectivity index (χ0n) is 18.1. The van der Waals surface area contributed by atoms with E-state index < -0.39 is 17.8 Å². The zero-order valence-corrected chi connectivity index (χ0v) is 20.5. The number of hydrogen-bond donors (Lipinski definition) is 1. The number of fused-ring (bicyclic) bond motifs is 1. The second-order valence-corrected chi connectivity index (χ2v) is 8.88.